The molecule has 0 saturated carbocycles. The maximum Gasteiger partial charge on any atom is 0.221 e. The molecule has 4 nitrogen and oxygen atoms in total. The summed E-state index contributed by atoms with van der Waals surface area (Å²) in [4.78, 5) is 11.4. The van der Waals surface area contributed by atoms with Gasteiger partial charge in [-0.05, 0) is 25.3 Å². The Morgan fingerprint density at radius 1 is 1.41 bits per heavy atom. The summed E-state index contributed by atoms with van der Waals surface area (Å²) in [5.74, 6) is 0.682. The minimum Gasteiger partial charge on any atom is -0.356 e. The Morgan fingerprint density at radius 2 is 2.24 bits per heavy atom. The highest BCUT2D eigenvalue weighted by Gasteiger charge is 2.11. The van der Waals surface area contributed by atoms with E-state index >= 15 is 0 Å². The van der Waals surface area contributed by atoms with Crippen LogP contribution in [0.4, 0.5) is 0 Å². The number of hydrogen-bond donors (Lipinski definition) is 3. The van der Waals surface area contributed by atoms with Gasteiger partial charge in [0.2, 0.25) is 5.91 Å². The van der Waals surface area contributed by atoms with Crippen LogP contribution in [0.3, 0.4) is 0 Å². The molecule has 1 unspecified atom stereocenters. The third kappa shape index (κ3) is 7.34. The monoisotopic (exact) mass is 241 g/mol. The fourth-order valence-corrected chi connectivity index (χ4v) is 1.98. The van der Waals surface area contributed by atoms with E-state index in [0.29, 0.717) is 18.4 Å². The molecule has 0 aliphatic carbocycles. The molecule has 0 aromatic heterocycles. The summed E-state index contributed by atoms with van der Waals surface area (Å²) in [7, 11) is 0. The van der Waals surface area contributed by atoms with Gasteiger partial charge in [-0.2, -0.15) is 0 Å². The van der Waals surface area contributed by atoms with E-state index in [1.54, 1.807) is 0 Å². The summed E-state index contributed by atoms with van der Waals surface area (Å²) in [5, 5.41) is 9.76. The van der Waals surface area contributed by atoms with E-state index in [1.165, 1.54) is 19.3 Å². The SMILES string of the molecule is CC(C)CNC(=O)CCNCC1CCCCN1. The van der Waals surface area contributed by atoms with Gasteiger partial charge in [-0.1, -0.05) is 20.3 Å². The van der Waals surface area contributed by atoms with Gasteiger partial charge in [-0.25, -0.2) is 0 Å². The zero-order valence-electron chi connectivity index (χ0n) is 11.2. The van der Waals surface area contributed by atoms with Crippen molar-refractivity contribution in [3.05, 3.63) is 0 Å². The minimum atomic E-state index is 0.155. The Bertz CT molecular complexity index is 213. The number of amides is 1. The van der Waals surface area contributed by atoms with Crippen molar-refractivity contribution in [3.8, 4) is 0 Å². The van der Waals surface area contributed by atoms with Gasteiger partial charge in [0.25, 0.3) is 0 Å². The second-order valence-corrected chi connectivity index (χ2v) is 5.30. The van der Waals surface area contributed by atoms with E-state index in [2.05, 4.69) is 29.8 Å². The summed E-state index contributed by atoms with van der Waals surface area (Å²) >= 11 is 0. The van der Waals surface area contributed by atoms with Gasteiger partial charge in [0.05, 0.1) is 0 Å². The Balaban J connectivity index is 1.94. The fourth-order valence-electron chi connectivity index (χ4n) is 1.98. The maximum absolute atomic E-state index is 11.4. The zero-order chi connectivity index (χ0) is 12.5. The smallest absolute Gasteiger partial charge is 0.221 e. The highest BCUT2D eigenvalue weighted by Crippen LogP contribution is 2.05. The third-order valence-electron chi connectivity index (χ3n) is 3.04. The number of carbonyl (C=O) groups excluding carboxylic acids is 1. The van der Waals surface area contributed by atoms with E-state index in [0.717, 1.165) is 26.2 Å². The molecular weight excluding hydrogens is 214 g/mol. The van der Waals surface area contributed by atoms with Gasteiger partial charge in [0, 0.05) is 32.1 Å². The summed E-state index contributed by atoms with van der Waals surface area (Å²) < 4.78 is 0. The molecule has 1 aliphatic heterocycles. The van der Waals surface area contributed by atoms with Crippen LogP contribution < -0.4 is 16.0 Å². The predicted molar refractivity (Wildman–Crippen MR) is 71.0 cm³/mol. The highest BCUT2D eigenvalue weighted by molar-refractivity contribution is 5.76. The Morgan fingerprint density at radius 3 is 2.88 bits per heavy atom. The van der Waals surface area contributed by atoms with Gasteiger partial charge < -0.3 is 16.0 Å². The second kappa shape index (κ2) is 8.48. The number of carbonyl (C=O) groups is 1. The lowest BCUT2D eigenvalue weighted by Gasteiger charge is -2.23. The van der Waals surface area contributed by atoms with Crippen molar-refractivity contribution >= 4 is 5.91 Å². The van der Waals surface area contributed by atoms with Crippen LogP contribution >= 0.6 is 0 Å². The lowest BCUT2D eigenvalue weighted by Crippen LogP contribution is -2.42. The molecule has 0 aromatic rings. The zero-order valence-corrected chi connectivity index (χ0v) is 11.2. The fraction of sp³-hybridized carbons (Fsp3) is 0.923. The van der Waals surface area contributed by atoms with Crippen molar-refractivity contribution in [1.82, 2.24) is 16.0 Å². The van der Waals surface area contributed by atoms with E-state index in [1.807, 2.05) is 0 Å². The molecule has 1 saturated heterocycles. The average molecular weight is 241 g/mol. The number of rotatable bonds is 7. The van der Waals surface area contributed by atoms with Crippen LogP contribution in [0.5, 0.6) is 0 Å². The van der Waals surface area contributed by atoms with E-state index in [9.17, 15) is 4.79 Å². The van der Waals surface area contributed by atoms with Crippen LogP contribution in [-0.2, 0) is 4.79 Å². The topological polar surface area (TPSA) is 53.2 Å². The van der Waals surface area contributed by atoms with Gasteiger partial charge in [-0.15, -0.1) is 0 Å². The van der Waals surface area contributed by atoms with Crippen LogP contribution in [0.25, 0.3) is 0 Å². The predicted octanol–water partition coefficient (Wildman–Crippen LogP) is 0.880. The van der Waals surface area contributed by atoms with Gasteiger partial charge in [0.15, 0.2) is 0 Å². The molecule has 3 N–H and O–H groups in total. The molecule has 100 valence electrons. The molecule has 1 heterocycles. The molecule has 1 aliphatic rings. The van der Waals surface area contributed by atoms with Crippen LogP contribution in [0.2, 0.25) is 0 Å². The van der Waals surface area contributed by atoms with Crippen molar-refractivity contribution in [2.45, 2.75) is 45.6 Å². The number of piperidine rings is 1. The standard InChI is InChI=1S/C13H27N3O/c1-11(2)9-16-13(17)6-8-14-10-12-5-3-4-7-15-12/h11-12,14-15H,3-10H2,1-2H3,(H,16,17). The van der Waals surface area contributed by atoms with Crippen LogP contribution in [-0.4, -0.2) is 38.1 Å². The summed E-state index contributed by atoms with van der Waals surface area (Å²) in [6.07, 6.45) is 4.47. The van der Waals surface area contributed by atoms with Gasteiger partial charge in [0.1, 0.15) is 0 Å². The summed E-state index contributed by atoms with van der Waals surface area (Å²) in [5.41, 5.74) is 0. The molecular formula is C13H27N3O. The van der Waals surface area contributed by atoms with Crippen LogP contribution in [0, 0.1) is 5.92 Å². The van der Waals surface area contributed by atoms with E-state index in [-0.39, 0.29) is 5.91 Å². The number of nitrogens with one attached hydrogen (secondary N) is 3. The first-order valence-electron chi connectivity index (χ1n) is 6.89. The molecule has 1 atom stereocenters. The molecule has 0 bridgehead atoms. The molecule has 17 heavy (non-hydrogen) atoms. The Labute approximate surface area is 105 Å². The third-order valence-corrected chi connectivity index (χ3v) is 3.04. The lowest BCUT2D eigenvalue weighted by molar-refractivity contribution is -0.121. The van der Waals surface area contributed by atoms with Crippen molar-refractivity contribution in [2.24, 2.45) is 5.92 Å². The van der Waals surface area contributed by atoms with Crippen LogP contribution in [0.1, 0.15) is 39.5 Å². The van der Waals surface area contributed by atoms with Crippen molar-refractivity contribution in [1.29, 1.82) is 0 Å². The Hall–Kier alpha value is -0.610. The highest BCUT2D eigenvalue weighted by atomic mass is 16.1. The summed E-state index contributed by atoms with van der Waals surface area (Å²) in [6, 6.07) is 0.600. The van der Waals surface area contributed by atoms with Crippen LogP contribution in [0.15, 0.2) is 0 Å². The van der Waals surface area contributed by atoms with Crippen molar-refractivity contribution in [3.63, 3.8) is 0 Å². The largest absolute Gasteiger partial charge is 0.356 e. The molecule has 0 aromatic carbocycles. The Kier molecular flexibility index (Phi) is 7.21. The normalized spacial score (nSPS) is 20.5. The average Bonchev–Trinajstić information content (AvgIpc) is 2.33. The molecule has 1 rings (SSSR count). The molecule has 1 amide bonds. The minimum absolute atomic E-state index is 0.155. The van der Waals surface area contributed by atoms with Gasteiger partial charge in [-0.3, -0.25) is 4.79 Å². The number of hydrogen-bond acceptors (Lipinski definition) is 3. The van der Waals surface area contributed by atoms with Crippen molar-refractivity contribution in [2.75, 3.05) is 26.2 Å². The van der Waals surface area contributed by atoms with Gasteiger partial charge >= 0.3 is 0 Å². The molecule has 0 radical (unpaired) electrons. The first-order chi connectivity index (χ1) is 8.18. The quantitative estimate of drug-likeness (QED) is 0.580. The maximum atomic E-state index is 11.4. The van der Waals surface area contributed by atoms with E-state index < -0.39 is 0 Å². The molecule has 1 fully saturated rings. The molecule has 4 heteroatoms. The van der Waals surface area contributed by atoms with Crippen molar-refractivity contribution < 1.29 is 4.79 Å². The first-order valence-corrected chi connectivity index (χ1v) is 6.89. The first kappa shape index (κ1) is 14.5. The lowest BCUT2D eigenvalue weighted by atomic mass is 10.1. The summed E-state index contributed by atoms with van der Waals surface area (Å²) in [6.45, 7) is 7.89. The molecule has 0 spiro atoms. The van der Waals surface area contributed by atoms with E-state index in [4.69, 9.17) is 0 Å². The second-order valence-electron chi connectivity index (χ2n) is 5.30.